The maximum Gasteiger partial charge on any atom is 0.341 e. The highest BCUT2D eigenvalue weighted by Crippen LogP contribution is 2.25. The van der Waals surface area contributed by atoms with Crippen LogP contribution in [-0.2, 0) is 19.4 Å². The van der Waals surface area contributed by atoms with Gasteiger partial charge in [-0.3, -0.25) is 4.79 Å². The van der Waals surface area contributed by atoms with Crippen molar-refractivity contribution in [2.45, 2.75) is 23.7 Å². The molecule has 11 heteroatoms. The molecule has 0 heterocycles. The van der Waals surface area contributed by atoms with Crippen LogP contribution >= 0.6 is 23.2 Å². The third kappa shape index (κ3) is 5.18. The van der Waals surface area contributed by atoms with Crippen LogP contribution in [0.4, 0.5) is 14.5 Å². The Kier molecular flexibility index (Phi) is 6.97. The Hall–Kier alpha value is -2.23. The molecule has 2 aromatic carbocycles. The lowest BCUT2D eigenvalue weighted by Gasteiger charge is -2.14. The topological polar surface area (TPSA) is 89.5 Å². The van der Waals surface area contributed by atoms with E-state index in [1.54, 1.807) is 0 Å². The van der Waals surface area contributed by atoms with Crippen molar-refractivity contribution in [1.29, 1.82) is 0 Å². The normalized spacial score (nSPS) is 12.5. The number of rotatable bonds is 6. The second kappa shape index (κ2) is 8.85. The van der Waals surface area contributed by atoms with Gasteiger partial charge in [-0.25, -0.2) is 13.2 Å². The van der Waals surface area contributed by atoms with Gasteiger partial charge in [-0.15, -0.1) is 0 Å². The lowest BCUT2D eigenvalue weighted by Crippen LogP contribution is -2.30. The molecule has 6 nitrogen and oxygen atoms in total. The number of amides is 1. The van der Waals surface area contributed by atoms with Crippen LogP contribution in [0.25, 0.3) is 0 Å². The minimum Gasteiger partial charge on any atom is -0.449 e. The molecule has 0 fully saturated rings. The number of nitrogens with one attached hydrogen (secondary N) is 1. The Morgan fingerprint density at radius 2 is 1.68 bits per heavy atom. The Morgan fingerprint density at radius 1 is 1.07 bits per heavy atom. The largest absolute Gasteiger partial charge is 0.449 e. The molecule has 1 N–H and O–H groups in total. The minimum atomic E-state index is -4.77. The first-order valence-electron chi connectivity index (χ1n) is 7.61. The van der Waals surface area contributed by atoms with Crippen molar-refractivity contribution in [3.8, 4) is 0 Å². The maximum atomic E-state index is 12.5. The summed E-state index contributed by atoms with van der Waals surface area (Å²) in [7, 11) is -4.77. The molecule has 0 aromatic heterocycles. The summed E-state index contributed by atoms with van der Waals surface area (Å²) < 4.78 is 52.7. The number of carbonyl (C=O) groups is 2. The summed E-state index contributed by atoms with van der Waals surface area (Å²) in [5.74, 6) is -5.19. The predicted octanol–water partition coefficient (Wildman–Crippen LogP) is 4.17. The highest BCUT2D eigenvalue weighted by Gasteiger charge is 2.27. The summed E-state index contributed by atoms with van der Waals surface area (Å²) in [6.45, 7) is 1.31. The zero-order valence-electron chi connectivity index (χ0n) is 14.2. The van der Waals surface area contributed by atoms with Crippen LogP contribution in [-0.4, -0.2) is 32.2 Å². The monoisotopic (exact) mass is 451 g/mol. The van der Waals surface area contributed by atoms with Gasteiger partial charge in [-0.1, -0.05) is 23.2 Å². The van der Waals surface area contributed by atoms with E-state index < -0.39 is 38.5 Å². The van der Waals surface area contributed by atoms with Crippen LogP contribution in [0.3, 0.4) is 0 Å². The smallest absolute Gasteiger partial charge is 0.341 e. The van der Waals surface area contributed by atoms with E-state index in [0.29, 0.717) is 5.02 Å². The average molecular weight is 452 g/mol. The Bertz CT molecular complexity index is 997. The molecular formula is C17H13Cl2F2NO5S. The second-order valence-electron chi connectivity index (χ2n) is 5.49. The fraction of sp³-hybridized carbons (Fsp3) is 0.176. The van der Waals surface area contributed by atoms with Gasteiger partial charge in [0.1, 0.15) is 0 Å². The molecule has 28 heavy (non-hydrogen) atoms. The number of halogens is 4. The van der Waals surface area contributed by atoms with Gasteiger partial charge in [-0.2, -0.15) is 8.78 Å². The summed E-state index contributed by atoms with van der Waals surface area (Å²) in [6.07, 6.45) is -1.22. The number of ether oxygens (including phenoxy) is 1. The molecule has 0 aliphatic rings. The fourth-order valence-corrected chi connectivity index (χ4v) is 3.17. The summed E-state index contributed by atoms with van der Waals surface area (Å²) in [4.78, 5) is 23.6. The first-order chi connectivity index (χ1) is 13.0. The molecule has 0 saturated heterocycles. The minimum absolute atomic E-state index is 0.114. The van der Waals surface area contributed by atoms with Crippen LogP contribution in [0, 0.1) is 0 Å². The molecule has 1 unspecified atom stereocenters. The molecule has 1 atom stereocenters. The highest BCUT2D eigenvalue weighted by atomic mass is 35.5. The van der Waals surface area contributed by atoms with E-state index in [1.165, 1.54) is 25.1 Å². The van der Waals surface area contributed by atoms with E-state index in [4.69, 9.17) is 27.9 Å². The lowest BCUT2D eigenvalue weighted by molar-refractivity contribution is -0.123. The average Bonchev–Trinajstić information content (AvgIpc) is 2.63. The summed E-state index contributed by atoms with van der Waals surface area (Å²) >= 11 is 11.7. The van der Waals surface area contributed by atoms with Gasteiger partial charge in [0.15, 0.2) is 6.10 Å². The third-order valence-electron chi connectivity index (χ3n) is 3.50. The van der Waals surface area contributed by atoms with E-state index in [-0.39, 0.29) is 16.3 Å². The Balaban J connectivity index is 2.04. The number of hydrogen-bond acceptors (Lipinski definition) is 5. The SMILES string of the molecule is CC(OC(=O)c1ccc(S(=O)(=O)C(F)F)cc1)C(=O)Nc1ccc(Cl)cc1Cl. The van der Waals surface area contributed by atoms with E-state index in [9.17, 15) is 26.8 Å². The highest BCUT2D eigenvalue weighted by molar-refractivity contribution is 7.91. The molecule has 150 valence electrons. The molecule has 0 bridgehead atoms. The molecule has 0 saturated carbocycles. The number of benzene rings is 2. The van der Waals surface area contributed by atoms with E-state index >= 15 is 0 Å². The lowest BCUT2D eigenvalue weighted by atomic mass is 10.2. The number of sulfone groups is 1. The standard InChI is InChI=1S/C17H13Cl2F2NO5S/c1-9(15(23)22-14-7-4-11(18)8-13(14)19)27-16(24)10-2-5-12(6-3-10)28(25,26)17(20)21/h2-9,17H,1H3,(H,22,23). The maximum absolute atomic E-state index is 12.5. The van der Waals surface area contributed by atoms with Crippen molar-refractivity contribution in [1.82, 2.24) is 0 Å². The van der Waals surface area contributed by atoms with Crippen molar-refractivity contribution >= 4 is 50.6 Å². The van der Waals surface area contributed by atoms with Gasteiger partial charge in [0.05, 0.1) is 21.2 Å². The van der Waals surface area contributed by atoms with E-state index in [0.717, 1.165) is 24.3 Å². The molecule has 2 aromatic rings. The van der Waals surface area contributed by atoms with Crippen LogP contribution in [0.1, 0.15) is 17.3 Å². The Labute approximate surface area is 169 Å². The number of hydrogen-bond donors (Lipinski definition) is 1. The third-order valence-corrected chi connectivity index (χ3v) is 5.44. The summed E-state index contributed by atoms with van der Waals surface area (Å²) in [5.41, 5.74) is 0.151. The van der Waals surface area contributed by atoms with Gasteiger partial charge >= 0.3 is 11.7 Å². The van der Waals surface area contributed by atoms with Crippen LogP contribution in [0.15, 0.2) is 47.4 Å². The number of alkyl halides is 2. The van der Waals surface area contributed by atoms with E-state index in [2.05, 4.69) is 5.32 Å². The molecule has 1 amide bonds. The zero-order valence-corrected chi connectivity index (χ0v) is 16.5. The van der Waals surface area contributed by atoms with Gasteiger partial charge in [0, 0.05) is 5.02 Å². The van der Waals surface area contributed by atoms with Gasteiger partial charge in [-0.05, 0) is 49.4 Å². The predicted molar refractivity (Wildman–Crippen MR) is 99.6 cm³/mol. The molecule has 2 rings (SSSR count). The van der Waals surface area contributed by atoms with E-state index in [1.807, 2.05) is 0 Å². The summed E-state index contributed by atoms with van der Waals surface area (Å²) in [5, 5.41) is 3.03. The molecule has 0 radical (unpaired) electrons. The Morgan fingerprint density at radius 3 is 2.21 bits per heavy atom. The first-order valence-corrected chi connectivity index (χ1v) is 9.91. The fourth-order valence-electron chi connectivity index (χ4n) is 1.99. The quantitative estimate of drug-likeness (QED) is 0.665. The van der Waals surface area contributed by atoms with Gasteiger partial charge in [0.25, 0.3) is 5.91 Å². The van der Waals surface area contributed by atoms with Crippen molar-refractivity contribution in [3.63, 3.8) is 0 Å². The van der Waals surface area contributed by atoms with Crippen molar-refractivity contribution < 1.29 is 31.5 Å². The molecule has 0 spiro atoms. The van der Waals surface area contributed by atoms with Gasteiger partial charge in [0.2, 0.25) is 9.84 Å². The summed E-state index contributed by atoms with van der Waals surface area (Å²) in [6, 6.07) is 8.14. The van der Waals surface area contributed by atoms with Crippen LogP contribution in [0.2, 0.25) is 10.0 Å². The molecule has 0 aliphatic heterocycles. The van der Waals surface area contributed by atoms with Crippen molar-refractivity contribution in [2.24, 2.45) is 0 Å². The zero-order chi connectivity index (χ0) is 21.1. The van der Waals surface area contributed by atoms with Gasteiger partial charge < -0.3 is 10.1 Å². The second-order valence-corrected chi connectivity index (χ2v) is 8.25. The van der Waals surface area contributed by atoms with Crippen LogP contribution in [0.5, 0.6) is 0 Å². The molecule has 0 aliphatic carbocycles. The number of carbonyl (C=O) groups excluding carboxylic acids is 2. The molecular weight excluding hydrogens is 439 g/mol. The number of esters is 1. The first kappa shape index (κ1) is 22.1. The van der Waals surface area contributed by atoms with Crippen molar-refractivity contribution in [3.05, 3.63) is 58.1 Å². The van der Waals surface area contributed by atoms with Crippen LogP contribution < -0.4 is 5.32 Å². The number of anilines is 1. The van der Waals surface area contributed by atoms with Crippen molar-refractivity contribution in [2.75, 3.05) is 5.32 Å².